The SMILES string of the molecule is CCOC(=O)C1=C(C)N=c2sc(=Cc3ccc(Cl)cc3)c(=O)n2[C@H]1c1cccs1. The number of halogens is 1. The van der Waals surface area contributed by atoms with Crippen molar-refractivity contribution in [1.82, 2.24) is 4.57 Å². The van der Waals surface area contributed by atoms with Gasteiger partial charge < -0.3 is 4.74 Å². The molecule has 148 valence electrons. The highest BCUT2D eigenvalue weighted by Crippen LogP contribution is 2.33. The maximum absolute atomic E-state index is 13.3. The average molecular weight is 445 g/mol. The number of benzene rings is 1. The third-order valence-electron chi connectivity index (χ3n) is 4.50. The van der Waals surface area contributed by atoms with Crippen molar-refractivity contribution in [3.63, 3.8) is 0 Å². The number of carbonyl (C=O) groups is 1. The number of thiazole rings is 1. The fraction of sp³-hybridized carbons (Fsp3) is 0.190. The number of fused-ring (bicyclic) bond motifs is 1. The number of nitrogens with zero attached hydrogens (tertiary/aromatic N) is 2. The summed E-state index contributed by atoms with van der Waals surface area (Å²) in [5, 5.41) is 2.56. The highest BCUT2D eigenvalue weighted by molar-refractivity contribution is 7.10. The standard InChI is InChI=1S/C21H17ClN2O3S2/c1-3-27-20(26)17-12(2)23-21-24(18(17)15-5-4-10-28-15)19(25)16(29-21)11-13-6-8-14(22)9-7-13/h4-11,18H,3H2,1-2H3/t18-/m0/s1. The number of allylic oxidation sites excluding steroid dienone is 1. The molecule has 29 heavy (non-hydrogen) atoms. The second kappa shape index (κ2) is 8.10. The van der Waals surface area contributed by atoms with Crippen molar-refractivity contribution in [3.8, 4) is 0 Å². The smallest absolute Gasteiger partial charge is 0.338 e. The molecule has 8 heteroatoms. The number of carbonyl (C=O) groups excluding carboxylic acids is 1. The Balaban J connectivity index is 1.93. The lowest BCUT2D eigenvalue weighted by Gasteiger charge is -2.23. The minimum Gasteiger partial charge on any atom is -0.463 e. The van der Waals surface area contributed by atoms with Crippen LogP contribution in [0.1, 0.15) is 30.3 Å². The third-order valence-corrected chi connectivity index (χ3v) is 6.66. The Hall–Kier alpha value is -2.48. The van der Waals surface area contributed by atoms with Crippen LogP contribution in [0, 0.1) is 0 Å². The topological polar surface area (TPSA) is 60.7 Å². The van der Waals surface area contributed by atoms with Gasteiger partial charge >= 0.3 is 5.97 Å². The van der Waals surface area contributed by atoms with Crippen molar-refractivity contribution in [2.45, 2.75) is 19.9 Å². The molecule has 0 saturated carbocycles. The van der Waals surface area contributed by atoms with Crippen LogP contribution in [0.15, 0.2) is 62.8 Å². The molecule has 0 spiro atoms. The summed E-state index contributed by atoms with van der Waals surface area (Å²) in [6.07, 6.45) is 1.81. The molecule has 0 unspecified atom stereocenters. The Labute approximate surface area is 179 Å². The molecule has 1 aliphatic heterocycles. The van der Waals surface area contributed by atoms with Crippen LogP contribution in [0.5, 0.6) is 0 Å². The first-order valence-electron chi connectivity index (χ1n) is 8.98. The van der Waals surface area contributed by atoms with Crippen LogP contribution in [0.2, 0.25) is 5.02 Å². The van der Waals surface area contributed by atoms with Crippen LogP contribution < -0.4 is 14.9 Å². The first-order chi connectivity index (χ1) is 14.0. The van der Waals surface area contributed by atoms with Crippen molar-refractivity contribution >= 4 is 46.3 Å². The van der Waals surface area contributed by atoms with Crippen LogP contribution in [0.3, 0.4) is 0 Å². The molecule has 2 aromatic heterocycles. The molecule has 0 bridgehead atoms. The van der Waals surface area contributed by atoms with Gasteiger partial charge in [-0.1, -0.05) is 41.1 Å². The summed E-state index contributed by atoms with van der Waals surface area (Å²) in [6, 6.07) is 10.5. The Morgan fingerprint density at radius 2 is 2.07 bits per heavy atom. The van der Waals surface area contributed by atoms with Crippen LogP contribution in [-0.4, -0.2) is 17.1 Å². The van der Waals surface area contributed by atoms with Crippen molar-refractivity contribution < 1.29 is 9.53 Å². The van der Waals surface area contributed by atoms with Gasteiger partial charge in [0.25, 0.3) is 5.56 Å². The molecule has 0 saturated heterocycles. The molecular formula is C21H17ClN2O3S2. The van der Waals surface area contributed by atoms with Crippen LogP contribution in [0.25, 0.3) is 6.08 Å². The first-order valence-corrected chi connectivity index (χ1v) is 11.1. The van der Waals surface area contributed by atoms with Crippen molar-refractivity contribution in [1.29, 1.82) is 0 Å². The summed E-state index contributed by atoms with van der Waals surface area (Å²) in [5.74, 6) is -0.445. The predicted molar refractivity (Wildman–Crippen MR) is 116 cm³/mol. The lowest BCUT2D eigenvalue weighted by molar-refractivity contribution is -0.139. The van der Waals surface area contributed by atoms with E-state index in [9.17, 15) is 9.59 Å². The number of hydrogen-bond acceptors (Lipinski definition) is 6. The molecule has 1 aliphatic rings. The number of hydrogen-bond donors (Lipinski definition) is 0. The zero-order valence-electron chi connectivity index (χ0n) is 15.7. The molecule has 3 aromatic rings. The van der Waals surface area contributed by atoms with Gasteiger partial charge in [0.15, 0.2) is 4.80 Å². The molecule has 0 amide bonds. The summed E-state index contributed by atoms with van der Waals surface area (Å²) >= 11 is 8.75. The minimum absolute atomic E-state index is 0.184. The van der Waals surface area contributed by atoms with E-state index in [1.165, 1.54) is 22.7 Å². The van der Waals surface area contributed by atoms with Crippen LogP contribution >= 0.6 is 34.3 Å². The molecule has 4 rings (SSSR count). The third kappa shape index (κ3) is 3.73. The lowest BCUT2D eigenvalue weighted by Crippen LogP contribution is -2.39. The van der Waals surface area contributed by atoms with Gasteiger partial charge in [-0.15, -0.1) is 11.3 Å². The molecule has 0 aliphatic carbocycles. The molecule has 1 aromatic carbocycles. The molecule has 0 radical (unpaired) electrons. The van der Waals surface area contributed by atoms with E-state index >= 15 is 0 Å². The van der Waals surface area contributed by atoms with Gasteiger partial charge in [0.1, 0.15) is 6.04 Å². The summed E-state index contributed by atoms with van der Waals surface area (Å²) in [6.45, 7) is 3.80. The van der Waals surface area contributed by atoms with Gasteiger partial charge in [-0.2, -0.15) is 0 Å². The van der Waals surface area contributed by atoms with E-state index in [0.717, 1.165) is 10.4 Å². The minimum atomic E-state index is -0.544. The Bertz CT molecular complexity index is 1270. The maximum atomic E-state index is 13.3. The van der Waals surface area contributed by atoms with Crippen LogP contribution in [-0.2, 0) is 9.53 Å². The predicted octanol–water partition coefficient (Wildman–Crippen LogP) is 3.51. The zero-order valence-corrected chi connectivity index (χ0v) is 18.1. The molecule has 5 nitrogen and oxygen atoms in total. The van der Waals surface area contributed by atoms with Gasteiger partial charge in [0, 0.05) is 9.90 Å². The second-order valence-electron chi connectivity index (χ2n) is 6.37. The fourth-order valence-corrected chi connectivity index (χ4v) is 5.21. The zero-order chi connectivity index (χ0) is 20.5. The summed E-state index contributed by atoms with van der Waals surface area (Å²) in [5.41, 5.74) is 1.66. The average Bonchev–Trinajstić information content (AvgIpc) is 3.32. The number of thiophene rings is 1. The van der Waals surface area contributed by atoms with Crippen molar-refractivity contribution in [2.75, 3.05) is 6.61 Å². The largest absolute Gasteiger partial charge is 0.463 e. The fourth-order valence-electron chi connectivity index (χ4n) is 3.22. The van der Waals surface area contributed by atoms with E-state index in [-0.39, 0.29) is 12.2 Å². The molecule has 0 fully saturated rings. The number of esters is 1. The van der Waals surface area contributed by atoms with Crippen molar-refractivity contribution in [2.24, 2.45) is 4.99 Å². The monoisotopic (exact) mass is 444 g/mol. The maximum Gasteiger partial charge on any atom is 0.338 e. The summed E-state index contributed by atoms with van der Waals surface area (Å²) in [7, 11) is 0. The van der Waals surface area contributed by atoms with Crippen molar-refractivity contribution in [3.05, 3.63) is 88.2 Å². The Morgan fingerprint density at radius 1 is 1.31 bits per heavy atom. The summed E-state index contributed by atoms with van der Waals surface area (Å²) in [4.78, 5) is 32.0. The highest BCUT2D eigenvalue weighted by Gasteiger charge is 2.33. The van der Waals surface area contributed by atoms with E-state index in [4.69, 9.17) is 16.3 Å². The first kappa shape index (κ1) is 19.8. The van der Waals surface area contributed by atoms with Crippen LogP contribution in [0.4, 0.5) is 0 Å². The van der Waals surface area contributed by atoms with Gasteiger partial charge in [0.05, 0.1) is 22.4 Å². The van der Waals surface area contributed by atoms with E-state index in [1.54, 1.807) is 30.5 Å². The Kier molecular flexibility index (Phi) is 5.54. The molecular weight excluding hydrogens is 428 g/mol. The van der Waals surface area contributed by atoms with Gasteiger partial charge in [-0.05, 0) is 49.1 Å². The van der Waals surface area contributed by atoms with Gasteiger partial charge in [-0.3, -0.25) is 9.36 Å². The quantitative estimate of drug-likeness (QED) is 0.578. The molecule has 0 N–H and O–H groups in total. The van der Waals surface area contributed by atoms with E-state index in [1.807, 2.05) is 35.7 Å². The lowest BCUT2D eigenvalue weighted by atomic mass is 10.0. The Morgan fingerprint density at radius 3 is 2.72 bits per heavy atom. The molecule has 1 atom stereocenters. The number of rotatable bonds is 4. The number of ether oxygens (including phenoxy) is 1. The van der Waals surface area contributed by atoms with Gasteiger partial charge in [-0.25, -0.2) is 9.79 Å². The van der Waals surface area contributed by atoms with E-state index < -0.39 is 12.0 Å². The normalized spacial score (nSPS) is 16.5. The molecule has 3 heterocycles. The number of aromatic nitrogens is 1. The second-order valence-corrected chi connectivity index (χ2v) is 8.79. The van der Waals surface area contributed by atoms with Gasteiger partial charge in [0.2, 0.25) is 0 Å². The highest BCUT2D eigenvalue weighted by atomic mass is 35.5. The van der Waals surface area contributed by atoms with E-state index in [0.29, 0.717) is 25.6 Å². The van der Waals surface area contributed by atoms with E-state index in [2.05, 4.69) is 4.99 Å². The summed E-state index contributed by atoms with van der Waals surface area (Å²) < 4.78 is 7.41.